The molecule has 2 rings (SSSR count). The number of anilines is 1. The van der Waals surface area contributed by atoms with Crippen molar-refractivity contribution in [2.45, 2.75) is 39.8 Å². The Morgan fingerprint density at radius 2 is 2.20 bits per heavy atom. The van der Waals surface area contributed by atoms with E-state index in [-0.39, 0.29) is 0 Å². The average Bonchev–Trinajstić information content (AvgIpc) is 2.71. The van der Waals surface area contributed by atoms with Crippen molar-refractivity contribution in [2.24, 2.45) is 13.0 Å². The molecule has 5 heteroatoms. The number of piperidine rings is 1. The molecule has 2 heterocycles. The summed E-state index contributed by atoms with van der Waals surface area (Å²) in [5, 5.41) is 8.02. The van der Waals surface area contributed by atoms with Crippen molar-refractivity contribution in [2.75, 3.05) is 31.6 Å². The van der Waals surface area contributed by atoms with Crippen LogP contribution < -0.4 is 10.2 Å². The maximum Gasteiger partial charge on any atom is 0.131 e. The topological polar surface area (TPSA) is 42.3 Å². The molecule has 1 N–H and O–H groups in total. The largest absolute Gasteiger partial charge is 0.379 e. The van der Waals surface area contributed by atoms with Crippen LogP contribution in [0.25, 0.3) is 0 Å². The number of hydrogen-bond donors (Lipinski definition) is 1. The molecule has 1 aliphatic rings. The van der Waals surface area contributed by atoms with Gasteiger partial charge in [-0.3, -0.25) is 4.68 Å². The second kappa shape index (κ2) is 6.59. The Morgan fingerprint density at radius 1 is 1.45 bits per heavy atom. The van der Waals surface area contributed by atoms with Crippen molar-refractivity contribution in [3.05, 3.63) is 11.3 Å². The van der Waals surface area contributed by atoms with E-state index in [4.69, 9.17) is 4.74 Å². The summed E-state index contributed by atoms with van der Waals surface area (Å²) in [7, 11) is 3.86. The van der Waals surface area contributed by atoms with E-state index in [0.717, 1.165) is 31.9 Å². The highest BCUT2D eigenvalue weighted by Gasteiger charge is 2.29. The van der Waals surface area contributed by atoms with Gasteiger partial charge < -0.3 is 15.0 Å². The molecule has 0 saturated carbocycles. The summed E-state index contributed by atoms with van der Waals surface area (Å²) in [6.07, 6.45) is 1.48. The normalized spacial score (nSPS) is 23.4. The molecule has 2 atom stereocenters. The highest BCUT2D eigenvalue weighted by molar-refractivity contribution is 5.50. The lowest BCUT2D eigenvalue weighted by molar-refractivity contribution is 0.0494. The summed E-state index contributed by atoms with van der Waals surface area (Å²) in [6.45, 7) is 10.4. The maximum absolute atomic E-state index is 5.64. The number of nitrogens with zero attached hydrogens (tertiary/aromatic N) is 3. The van der Waals surface area contributed by atoms with Crippen molar-refractivity contribution in [1.29, 1.82) is 0 Å². The highest BCUT2D eigenvalue weighted by Crippen LogP contribution is 2.28. The fourth-order valence-electron chi connectivity index (χ4n) is 3.08. The molecule has 1 saturated heterocycles. The molecule has 1 aromatic rings. The van der Waals surface area contributed by atoms with E-state index in [1.807, 2.05) is 18.8 Å². The zero-order chi connectivity index (χ0) is 14.7. The zero-order valence-corrected chi connectivity index (χ0v) is 13.4. The Morgan fingerprint density at radius 3 is 2.85 bits per heavy atom. The van der Waals surface area contributed by atoms with Crippen molar-refractivity contribution >= 4 is 5.82 Å². The third-order valence-electron chi connectivity index (χ3n) is 4.36. The van der Waals surface area contributed by atoms with Crippen LogP contribution in [0.2, 0.25) is 0 Å². The van der Waals surface area contributed by atoms with Crippen LogP contribution in [0.5, 0.6) is 0 Å². The minimum Gasteiger partial charge on any atom is -0.379 e. The van der Waals surface area contributed by atoms with Gasteiger partial charge in [0.2, 0.25) is 0 Å². The van der Waals surface area contributed by atoms with E-state index in [9.17, 15) is 0 Å². The molecule has 0 aliphatic carbocycles. The van der Waals surface area contributed by atoms with Crippen LogP contribution in [0.1, 0.15) is 31.5 Å². The van der Waals surface area contributed by atoms with Crippen molar-refractivity contribution in [3.63, 3.8) is 0 Å². The Bertz CT molecular complexity index is 443. The predicted octanol–water partition coefficient (Wildman–Crippen LogP) is 1.70. The van der Waals surface area contributed by atoms with E-state index >= 15 is 0 Å². The Labute approximate surface area is 122 Å². The fraction of sp³-hybridized carbons (Fsp3) is 0.800. The van der Waals surface area contributed by atoms with Gasteiger partial charge in [-0.1, -0.05) is 13.8 Å². The minimum absolute atomic E-state index is 0.311. The van der Waals surface area contributed by atoms with Gasteiger partial charge in [-0.25, -0.2) is 0 Å². The third kappa shape index (κ3) is 2.99. The van der Waals surface area contributed by atoms with Gasteiger partial charge in [0.05, 0.1) is 11.8 Å². The second-order valence-electron chi connectivity index (χ2n) is 5.78. The summed E-state index contributed by atoms with van der Waals surface area (Å²) in [5.41, 5.74) is 2.44. The Balaban J connectivity index is 2.23. The summed E-state index contributed by atoms with van der Waals surface area (Å²) < 4.78 is 7.65. The summed E-state index contributed by atoms with van der Waals surface area (Å²) in [6, 6.07) is 0. The Kier molecular flexibility index (Phi) is 5.05. The molecule has 2 unspecified atom stereocenters. The van der Waals surface area contributed by atoms with E-state index < -0.39 is 0 Å². The summed E-state index contributed by atoms with van der Waals surface area (Å²) in [5.74, 6) is 1.88. The van der Waals surface area contributed by atoms with Gasteiger partial charge in [0.1, 0.15) is 5.82 Å². The standard InChI is InChI=1S/C15H28N4O/c1-6-16-9-13-12(3)17-18(4)15(13)19-8-7-11(2)14(10-19)20-5/h11,14,16H,6-10H2,1-5H3. The number of rotatable bonds is 5. The molecule has 0 aromatic carbocycles. The summed E-state index contributed by atoms with van der Waals surface area (Å²) >= 11 is 0. The fourth-order valence-corrected chi connectivity index (χ4v) is 3.08. The molecule has 1 aromatic heterocycles. The zero-order valence-electron chi connectivity index (χ0n) is 13.4. The van der Waals surface area contributed by atoms with Crippen LogP contribution in [0, 0.1) is 12.8 Å². The average molecular weight is 280 g/mol. The molecule has 0 amide bonds. The van der Waals surface area contributed by atoms with Gasteiger partial charge in [-0.2, -0.15) is 5.10 Å². The maximum atomic E-state index is 5.64. The number of aromatic nitrogens is 2. The highest BCUT2D eigenvalue weighted by atomic mass is 16.5. The predicted molar refractivity (Wildman–Crippen MR) is 82.1 cm³/mol. The lowest BCUT2D eigenvalue weighted by atomic mass is 9.95. The van der Waals surface area contributed by atoms with Gasteiger partial charge in [-0.15, -0.1) is 0 Å². The van der Waals surface area contributed by atoms with E-state index in [2.05, 4.69) is 36.1 Å². The molecule has 0 bridgehead atoms. The van der Waals surface area contributed by atoms with Gasteiger partial charge in [-0.05, 0) is 25.8 Å². The smallest absolute Gasteiger partial charge is 0.131 e. The van der Waals surface area contributed by atoms with Crippen LogP contribution in [0.4, 0.5) is 5.82 Å². The van der Waals surface area contributed by atoms with E-state index in [1.165, 1.54) is 17.8 Å². The molecule has 5 nitrogen and oxygen atoms in total. The first-order valence-corrected chi connectivity index (χ1v) is 7.59. The van der Waals surface area contributed by atoms with Gasteiger partial charge >= 0.3 is 0 Å². The molecule has 20 heavy (non-hydrogen) atoms. The quantitative estimate of drug-likeness (QED) is 0.891. The number of nitrogens with one attached hydrogen (secondary N) is 1. The minimum atomic E-state index is 0.311. The van der Waals surface area contributed by atoms with Crippen LogP contribution in [0.3, 0.4) is 0 Å². The second-order valence-corrected chi connectivity index (χ2v) is 5.78. The number of methoxy groups -OCH3 is 1. The monoisotopic (exact) mass is 280 g/mol. The molecule has 0 spiro atoms. The van der Waals surface area contributed by atoms with E-state index in [0.29, 0.717) is 12.0 Å². The first-order valence-electron chi connectivity index (χ1n) is 7.59. The molecule has 0 radical (unpaired) electrons. The summed E-state index contributed by atoms with van der Waals surface area (Å²) in [4.78, 5) is 2.43. The molecule has 1 fully saturated rings. The van der Waals surface area contributed by atoms with Gasteiger partial charge in [0.15, 0.2) is 0 Å². The third-order valence-corrected chi connectivity index (χ3v) is 4.36. The number of hydrogen-bond acceptors (Lipinski definition) is 4. The van der Waals surface area contributed by atoms with Crippen LogP contribution >= 0.6 is 0 Å². The first-order chi connectivity index (χ1) is 9.58. The number of aryl methyl sites for hydroxylation is 2. The van der Waals surface area contributed by atoms with Crippen LogP contribution in [0.15, 0.2) is 0 Å². The van der Waals surface area contributed by atoms with Gasteiger partial charge in [0.25, 0.3) is 0 Å². The lowest BCUT2D eigenvalue weighted by Crippen LogP contribution is -2.45. The SMILES string of the molecule is CCNCc1c(C)nn(C)c1N1CCC(C)C(OC)C1. The van der Waals surface area contributed by atoms with Crippen molar-refractivity contribution < 1.29 is 4.74 Å². The first kappa shape index (κ1) is 15.3. The molecule has 114 valence electrons. The van der Waals surface area contributed by atoms with Crippen LogP contribution in [-0.4, -0.2) is 42.6 Å². The molecular weight excluding hydrogens is 252 g/mol. The van der Waals surface area contributed by atoms with E-state index in [1.54, 1.807) is 0 Å². The molecular formula is C15H28N4O. The Hall–Kier alpha value is -1.07. The lowest BCUT2D eigenvalue weighted by Gasteiger charge is -2.37. The molecule has 1 aliphatic heterocycles. The van der Waals surface area contributed by atoms with Gasteiger partial charge in [0, 0.05) is 39.4 Å². The van der Waals surface area contributed by atoms with Crippen molar-refractivity contribution in [3.8, 4) is 0 Å². The number of ether oxygens (including phenoxy) is 1. The van der Waals surface area contributed by atoms with Crippen molar-refractivity contribution in [1.82, 2.24) is 15.1 Å². The van der Waals surface area contributed by atoms with Crippen LogP contribution in [-0.2, 0) is 18.3 Å².